The van der Waals surface area contributed by atoms with Crippen molar-refractivity contribution in [1.82, 2.24) is 14.7 Å². The van der Waals surface area contributed by atoms with Crippen LogP contribution in [0.2, 0.25) is 0 Å². The van der Waals surface area contributed by atoms with Crippen LogP contribution in [0.1, 0.15) is 51.4 Å². The molecule has 2 aliphatic rings. The highest BCUT2D eigenvalue weighted by molar-refractivity contribution is 5.76. The molecule has 22 heavy (non-hydrogen) atoms. The quantitative estimate of drug-likeness (QED) is 0.723. The van der Waals surface area contributed by atoms with Crippen LogP contribution in [-0.2, 0) is 4.79 Å². The monoisotopic (exact) mass is 309 g/mol. The molecule has 1 aliphatic heterocycles. The minimum Gasteiger partial charge on any atom is -0.341 e. The third-order valence-corrected chi connectivity index (χ3v) is 5.43. The van der Waals surface area contributed by atoms with Gasteiger partial charge in [0, 0.05) is 25.6 Å². The highest BCUT2D eigenvalue weighted by Gasteiger charge is 2.28. The number of carbonyl (C=O) groups is 1. The van der Waals surface area contributed by atoms with Crippen LogP contribution in [0.3, 0.4) is 0 Å². The molecule has 0 aromatic rings. The second kappa shape index (κ2) is 8.88. The largest absolute Gasteiger partial charge is 0.341 e. The van der Waals surface area contributed by atoms with Crippen molar-refractivity contribution in [3.05, 3.63) is 0 Å². The number of amides is 1. The Balaban J connectivity index is 1.73. The molecule has 128 valence electrons. The number of hydrogen-bond acceptors (Lipinski definition) is 3. The first-order chi connectivity index (χ1) is 10.6. The minimum absolute atomic E-state index is 0.415. The molecule has 0 spiro atoms. The standard InChI is InChI=1S/C18H35N3O/c1-19(2)11-7-12-20(3)17-10-6-13-21(15-17)18(22)14-16-8-4-5-9-16/h16-17H,4-15H2,1-3H3. The molecule has 2 fully saturated rings. The van der Waals surface area contributed by atoms with Crippen LogP contribution in [0.25, 0.3) is 0 Å². The van der Waals surface area contributed by atoms with Crippen molar-refractivity contribution in [2.24, 2.45) is 5.92 Å². The van der Waals surface area contributed by atoms with Crippen molar-refractivity contribution in [1.29, 1.82) is 0 Å². The summed E-state index contributed by atoms with van der Waals surface area (Å²) in [5.41, 5.74) is 0. The smallest absolute Gasteiger partial charge is 0.222 e. The average molecular weight is 309 g/mol. The fraction of sp³-hybridized carbons (Fsp3) is 0.944. The van der Waals surface area contributed by atoms with E-state index in [-0.39, 0.29) is 0 Å². The molecule has 1 saturated heterocycles. The van der Waals surface area contributed by atoms with Crippen LogP contribution in [0.4, 0.5) is 0 Å². The van der Waals surface area contributed by atoms with Gasteiger partial charge in [-0.1, -0.05) is 12.8 Å². The zero-order valence-electron chi connectivity index (χ0n) is 14.9. The molecular weight excluding hydrogens is 274 g/mol. The van der Waals surface area contributed by atoms with Crippen molar-refractivity contribution >= 4 is 5.91 Å². The first kappa shape index (κ1) is 17.7. The molecule has 1 heterocycles. The van der Waals surface area contributed by atoms with Crippen LogP contribution >= 0.6 is 0 Å². The van der Waals surface area contributed by atoms with E-state index in [1.54, 1.807) is 0 Å². The van der Waals surface area contributed by atoms with Crippen LogP contribution < -0.4 is 0 Å². The predicted molar refractivity (Wildman–Crippen MR) is 92.0 cm³/mol. The van der Waals surface area contributed by atoms with Crippen molar-refractivity contribution < 1.29 is 4.79 Å². The molecular formula is C18H35N3O. The van der Waals surface area contributed by atoms with Crippen LogP contribution in [0, 0.1) is 5.92 Å². The maximum atomic E-state index is 12.5. The van der Waals surface area contributed by atoms with Gasteiger partial charge in [-0.15, -0.1) is 0 Å². The highest BCUT2D eigenvalue weighted by Crippen LogP contribution is 2.28. The Bertz CT molecular complexity index is 339. The summed E-state index contributed by atoms with van der Waals surface area (Å²) in [6, 6.07) is 0.559. The van der Waals surface area contributed by atoms with E-state index in [2.05, 4.69) is 35.8 Å². The van der Waals surface area contributed by atoms with Crippen molar-refractivity contribution in [3.8, 4) is 0 Å². The molecule has 0 N–H and O–H groups in total. The maximum absolute atomic E-state index is 12.5. The molecule has 2 rings (SSSR count). The van der Waals surface area contributed by atoms with E-state index in [4.69, 9.17) is 0 Å². The lowest BCUT2D eigenvalue weighted by atomic mass is 10.00. The average Bonchev–Trinajstić information content (AvgIpc) is 3.00. The third kappa shape index (κ3) is 5.54. The lowest BCUT2D eigenvalue weighted by Gasteiger charge is -2.38. The number of nitrogens with zero attached hydrogens (tertiary/aromatic N) is 3. The first-order valence-corrected chi connectivity index (χ1v) is 9.19. The summed E-state index contributed by atoms with van der Waals surface area (Å²) in [6.45, 7) is 4.20. The minimum atomic E-state index is 0.415. The summed E-state index contributed by atoms with van der Waals surface area (Å²) < 4.78 is 0. The fourth-order valence-electron chi connectivity index (χ4n) is 3.95. The topological polar surface area (TPSA) is 26.8 Å². The van der Waals surface area contributed by atoms with Crippen molar-refractivity contribution in [2.75, 3.05) is 47.3 Å². The van der Waals surface area contributed by atoms with E-state index in [9.17, 15) is 4.79 Å². The molecule has 0 bridgehead atoms. The van der Waals surface area contributed by atoms with Crippen molar-refractivity contribution in [3.63, 3.8) is 0 Å². The molecule has 0 radical (unpaired) electrons. The zero-order chi connectivity index (χ0) is 15.9. The van der Waals surface area contributed by atoms with Gasteiger partial charge in [0.1, 0.15) is 0 Å². The molecule has 1 atom stereocenters. The van der Waals surface area contributed by atoms with Gasteiger partial charge >= 0.3 is 0 Å². The molecule has 0 aromatic heterocycles. The summed E-state index contributed by atoms with van der Waals surface area (Å²) in [5, 5.41) is 0. The number of likely N-dealkylation sites (tertiary alicyclic amines) is 1. The Kier molecular flexibility index (Phi) is 7.16. The lowest BCUT2D eigenvalue weighted by Crippen LogP contribution is -2.49. The fourth-order valence-corrected chi connectivity index (χ4v) is 3.95. The summed E-state index contributed by atoms with van der Waals surface area (Å²) in [6.07, 6.45) is 9.61. The van der Waals surface area contributed by atoms with Gasteiger partial charge in [-0.25, -0.2) is 0 Å². The van der Waals surface area contributed by atoms with E-state index in [0.29, 0.717) is 17.9 Å². The van der Waals surface area contributed by atoms with E-state index < -0.39 is 0 Å². The second-order valence-corrected chi connectivity index (χ2v) is 7.63. The van der Waals surface area contributed by atoms with Gasteiger partial charge in [0.25, 0.3) is 0 Å². The molecule has 1 amide bonds. The molecule has 4 heteroatoms. The van der Waals surface area contributed by atoms with Gasteiger partial charge in [-0.05, 0) is 72.3 Å². The zero-order valence-corrected chi connectivity index (χ0v) is 14.9. The Morgan fingerprint density at radius 1 is 1.05 bits per heavy atom. The molecule has 1 aliphatic carbocycles. The first-order valence-electron chi connectivity index (χ1n) is 9.19. The predicted octanol–water partition coefficient (Wildman–Crippen LogP) is 2.44. The highest BCUT2D eigenvalue weighted by atomic mass is 16.2. The molecule has 1 unspecified atom stereocenters. The van der Waals surface area contributed by atoms with Gasteiger partial charge in [0.05, 0.1) is 0 Å². The van der Waals surface area contributed by atoms with Crippen molar-refractivity contribution in [2.45, 2.75) is 57.4 Å². The summed E-state index contributed by atoms with van der Waals surface area (Å²) >= 11 is 0. The van der Waals surface area contributed by atoms with Crippen LogP contribution in [0.5, 0.6) is 0 Å². The number of likely N-dealkylation sites (N-methyl/N-ethyl adjacent to an activating group) is 1. The van der Waals surface area contributed by atoms with E-state index in [1.165, 1.54) is 44.9 Å². The summed E-state index contributed by atoms with van der Waals surface area (Å²) in [7, 11) is 6.49. The SMILES string of the molecule is CN(C)CCCN(C)C1CCCN(C(=O)CC2CCCC2)C1. The van der Waals surface area contributed by atoms with E-state index in [0.717, 1.165) is 32.6 Å². The third-order valence-electron chi connectivity index (χ3n) is 5.43. The van der Waals surface area contributed by atoms with Gasteiger partial charge in [-0.2, -0.15) is 0 Å². The second-order valence-electron chi connectivity index (χ2n) is 7.63. The van der Waals surface area contributed by atoms with Gasteiger partial charge in [0.15, 0.2) is 0 Å². The lowest BCUT2D eigenvalue weighted by molar-refractivity contribution is -0.134. The van der Waals surface area contributed by atoms with Gasteiger partial charge < -0.3 is 14.7 Å². The van der Waals surface area contributed by atoms with Gasteiger partial charge in [0.2, 0.25) is 5.91 Å². The molecule has 4 nitrogen and oxygen atoms in total. The Labute approximate surface area is 136 Å². The summed E-state index contributed by atoms with van der Waals surface area (Å²) in [5.74, 6) is 1.09. The molecule has 0 aromatic carbocycles. The van der Waals surface area contributed by atoms with Crippen LogP contribution in [0.15, 0.2) is 0 Å². The Hall–Kier alpha value is -0.610. The Morgan fingerprint density at radius 3 is 2.45 bits per heavy atom. The number of carbonyl (C=O) groups excluding carboxylic acids is 1. The number of hydrogen-bond donors (Lipinski definition) is 0. The maximum Gasteiger partial charge on any atom is 0.222 e. The van der Waals surface area contributed by atoms with Crippen LogP contribution in [-0.4, -0.2) is 74.0 Å². The van der Waals surface area contributed by atoms with E-state index in [1.807, 2.05) is 0 Å². The normalized spacial score (nSPS) is 23.7. The van der Waals surface area contributed by atoms with E-state index >= 15 is 0 Å². The Morgan fingerprint density at radius 2 is 1.77 bits per heavy atom. The number of piperidine rings is 1. The number of rotatable bonds is 7. The molecule has 1 saturated carbocycles. The van der Waals surface area contributed by atoms with Gasteiger partial charge in [-0.3, -0.25) is 4.79 Å². The summed E-state index contributed by atoms with van der Waals surface area (Å²) in [4.78, 5) is 19.4.